The van der Waals surface area contributed by atoms with Gasteiger partial charge in [0.2, 0.25) is 10.0 Å². The number of sulfonamides is 1. The minimum Gasteiger partial charge on any atom is -0.495 e. The first-order valence-corrected chi connectivity index (χ1v) is 9.96. The van der Waals surface area contributed by atoms with Crippen molar-refractivity contribution in [2.45, 2.75) is 18.0 Å². The van der Waals surface area contributed by atoms with Crippen molar-refractivity contribution in [1.29, 1.82) is 0 Å². The molecular formula is C19H18ClN3O3S. The number of methoxy groups -OCH3 is 1. The van der Waals surface area contributed by atoms with E-state index in [2.05, 4.69) is 9.97 Å². The van der Waals surface area contributed by atoms with Crippen molar-refractivity contribution >= 4 is 21.6 Å². The van der Waals surface area contributed by atoms with Crippen LogP contribution in [0.4, 0.5) is 0 Å². The number of aromatic nitrogens is 2. The van der Waals surface area contributed by atoms with E-state index in [0.29, 0.717) is 16.4 Å². The molecule has 140 valence electrons. The third-order valence-electron chi connectivity index (χ3n) is 3.87. The number of hydrogen-bond donors (Lipinski definition) is 0. The van der Waals surface area contributed by atoms with Crippen LogP contribution in [0.15, 0.2) is 71.9 Å². The van der Waals surface area contributed by atoms with Gasteiger partial charge in [0.1, 0.15) is 10.6 Å². The molecular weight excluding hydrogens is 386 g/mol. The quantitative estimate of drug-likeness (QED) is 0.603. The van der Waals surface area contributed by atoms with E-state index in [4.69, 9.17) is 16.3 Å². The van der Waals surface area contributed by atoms with E-state index in [-0.39, 0.29) is 23.7 Å². The zero-order chi connectivity index (χ0) is 19.3. The number of ether oxygens (including phenoxy) is 1. The molecule has 0 atom stereocenters. The van der Waals surface area contributed by atoms with Crippen molar-refractivity contribution in [2.24, 2.45) is 0 Å². The van der Waals surface area contributed by atoms with Gasteiger partial charge in [-0.1, -0.05) is 23.7 Å². The summed E-state index contributed by atoms with van der Waals surface area (Å²) in [5, 5.41) is 0.310. The highest BCUT2D eigenvalue weighted by atomic mass is 35.5. The van der Waals surface area contributed by atoms with Crippen LogP contribution in [0.3, 0.4) is 0 Å². The number of nitrogens with zero attached hydrogens (tertiary/aromatic N) is 3. The molecule has 1 aromatic carbocycles. The summed E-state index contributed by atoms with van der Waals surface area (Å²) in [5.74, 6) is 0.228. The Hall–Kier alpha value is -2.48. The average Bonchev–Trinajstić information content (AvgIpc) is 2.69. The highest BCUT2D eigenvalue weighted by molar-refractivity contribution is 7.89. The fraction of sp³-hybridized carbons (Fsp3) is 0.158. The van der Waals surface area contributed by atoms with E-state index < -0.39 is 10.0 Å². The molecule has 6 nitrogen and oxygen atoms in total. The lowest BCUT2D eigenvalue weighted by Crippen LogP contribution is -2.31. The Kier molecular flexibility index (Phi) is 6.05. The van der Waals surface area contributed by atoms with Gasteiger partial charge in [0.25, 0.3) is 0 Å². The first-order chi connectivity index (χ1) is 13.0. The molecule has 2 heterocycles. The summed E-state index contributed by atoms with van der Waals surface area (Å²) in [4.78, 5) is 8.49. The summed E-state index contributed by atoms with van der Waals surface area (Å²) in [6, 6.07) is 15.2. The maximum Gasteiger partial charge on any atom is 0.247 e. The predicted octanol–water partition coefficient (Wildman–Crippen LogP) is 3.53. The van der Waals surface area contributed by atoms with E-state index >= 15 is 0 Å². The largest absolute Gasteiger partial charge is 0.495 e. The van der Waals surface area contributed by atoms with Gasteiger partial charge in [0.15, 0.2) is 0 Å². The zero-order valence-corrected chi connectivity index (χ0v) is 16.2. The maximum absolute atomic E-state index is 13.4. The van der Waals surface area contributed by atoms with Gasteiger partial charge >= 0.3 is 0 Å². The lowest BCUT2D eigenvalue weighted by Gasteiger charge is -2.23. The standard InChI is InChI=1S/C19H18ClN3O3S/c1-26-18-9-8-15(20)12-19(18)27(24,25)23(13-16-6-2-4-10-21-16)14-17-7-3-5-11-22-17/h2-12H,13-14H2,1H3. The summed E-state index contributed by atoms with van der Waals surface area (Å²) >= 11 is 6.04. The van der Waals surface area contributed by atoms with Crippen LogP contribution in [0.1, 0.15) is 11.4 Å². The van der Waals surface area contributed by atoms with Gasteiger partial charge in [-0.15, -0.1) is 0 Å². The van der Waals surface area contributed by atoms with Crippen LogP contribution in [-0.4, -0.2) is 29.8 Å². The third kappa shape index (κ3) is 4.63. The second-order valence-electron chi connectivity index (χ2n) is 5.71. The van der Waals surface area contributed by atoms with Crippen LogP contribution >= 0.6 is 11.6 Å². The van der Waals surface area contributed by atoms with Gasteiger partial charge in [-0.25, -0.2) is 8.42 Å². The van der Waals surface area contributed by atoms with Crippen molar-refractivity contribution in [1.82, 2.24) is 14.3 Å². The first-order valence-electron chi connectivity index (χ1n) is 8.14. The molecule has 0 spiro atoms. The fourth-order valence-corrected chi connectivity index (χ4v) is 4.36. The monoisotopic (exact) mass is 403 g/mol. The van der Waals surface area contributed by atoms with Crippen molar-refractivity contribution in [3.63, 3.8) is 0 Å². The molecule has 0 fully saturated rings. The molecule has 0 radical (unpaired) electrons. The normalized spacial score (nSPS) is 11.5. The number of benzene rings is 1. The molecule has 0 N–H and O–H groups in total. The number of hydrogen-bond acceptors (Lipinski definition) is 5. The van der Waals surface area contributed by atoms with E-state index in [1.807, 2.05) is 12.1 Å². The highest BCUT2D eigenvalue weighted by Crippen LogP contribution is 2.31. The van der Waals surface area contributed by atoms with Gasteiger partial charge in [0.05, 0.1) is 31.6 Å². The summed E-state index contributed by atoms with van der Waals surface area (Å²) < 4.78 is 33.4. The smallest absolute Gasteiger partial charge is 0.247 e. The Bertz CT molecular complexity index is 958. The molecule has 3 aromatic rings. The Morgan fingerprint density at radius 2 is 1.56 bits per heavy atom. The molecule has 0 unspecified atom stereocenters. The molecule has 0 aliphatic rings. The van der Waals surface area contributed by atoms with E-state index in [1.165, 1.54) is 23.5 Å². The van der Waals surface area contributed by atoms with Gasteiger partial charge in [-0.05, 0) is 42.5 Å². The Morgan fingerprint density at radius 3 is 2.04 bits per heavy atom. The molecule has 0 saturated heterocycles. The second-order valence-corrected chi connectivity index (χ2v) is 8.05. The zero-order valence-electron chi connectivity index (χ0n) is 14.6. The van der Waals surface area contributed by atoms with Gasteiger partial charge in [-0.3, -0.25) is 9.97 Å². The van der Waals surface area contributed by atoms with Gasteiger partial charge in [0, 0.05) is 17.4 Å². The number of halogens is 1. The molecule has 3 rings (SSSR count). The summed E-state index contributed by atoms with van der Waals surface area (Å²) in [7, 11) is -2.50. The third-order valence-corrected chi connectivity index (χ3v) is 5.92. The Morgan fingerprint density at radius 1 is 0.963 bits per heavy atom. The summed E-state index contributed by atoms with van der Waals surface area (Å²) in [6.07, 6.45) is 3.25. The van der Waals surface area contributed by atoms with Crippen LogP contribution in [-0.2, 0) is 23.1 Å². The maximum atomic E-state index is 13.4. The molecule has 2 aromatic heterocycles. The molecule has 27 heavy (non-hydrogen) atoms. The van der Waals surface area contributed by atoms with Crippen LogP contribution in [0, 0.1) is 0 Å². The van der Waals surface area contributed by atoms with Crippen molar-refractivity contribution < 1.29 is 13.2 Å². The molecule has 0 bridgehead atoms. The molecule has 0 aliphatic heterocycles. The molecule has 0 amide bonds. The van der Waals surface area contributed by atoms with Gasteiger partial charge in [-0.2, -0.15) is 4.31 Å². The first kappa shape index (κ1) is 19.3. The lowest BCUT2D eigenvalue weighted by atomic mass is 10.3. The van der Waals surface area contributed by atoms with Gasteiger partial charge < -0.3 is 4.74 Å². The second kappa shape index (κ2) is 8.47. The molecule has 0 aliphatic carbocycles. The minimum absolute atomic E-state index is 0.00404. The van der Waals surface area contributed by atoms with Crippen molar-refractivity contribution in [2.75, 3.05) is 7.11 Å². The van der Waals surface area contributed by atoms with Crippen LogP contribution in [0.5, 0.6) is 5.75 Å². The Balaban J connectivity index is 2.04. The number of rotatable bonds is 7. The lowest BCUT2D eigenvalue weighted by molar-refractivity contribution is 0.378. The van der Waals surface area contributed by atoms with E-state index in [9.17, 15) is 8.42 Å². The van der Waals surface area contributed by atoms with Crippen LogP contribution < -0.4 is 4.74 Å². The van der Waals surface area contributed by atoms with E-state index in [1.54, 1.807) is 42.7 Å². The minimum atomic E-state index is -3.92. The number of pyridine rings is 2. The van der Waals surface area contributed by atoms with Crippen LogP contribution in [0.2, 0.25) is 5.02 Å². The molecule has 0 saturated carbocycles. The van der Waals surface area contributed by atoms with Crippen molar-refractivity contribution in [3.05, 3.63) is 83.4 Å². The Labute approximate surface area is 163 Å². The van der Waals surface area contributed by atoms with E-state index in [0.717, 1.165) is 0 Å². The summed E-state index contributed by atoms with van der Waals surface area (Å²) in [5.41, 5.74) is 1.25. The fourth-order valence-electron chi connectivity index (χ4n) is 2.56. The predicted molar refractivity (Wildman–Crippen MR) is 103 cm³/mol. The van der Waals surface area contributed by atoms with Crippen molar-refractivity contribution in [3.8, 4) is 5.75 Å². The molecule has 8 heteroatoms. The summed E-state index contributed by atoms with van der Waals surface area (Å²) in [6.45, 7) is 0.185. The highest BCUT2D eigenvalue weighted by Gasteiger charge is 2.29. The SMILES string of the molecule is COc1ccc(Cl)cc1S(=O)(=O)N(Cc1ccccn1)Cc1ccccn1. The average molecular weight is 404 g/mol. The van der Waals surface area contributed by atoms with Crippen LogP contribution in [0.25, 0.3) is 0 Å². The topological polar surface area (TPSA) is 72.4 Å².